The Labute approximate surface area is 108 Å². The molecule has 1 aromatic carbocycles. The molecule has 0 saturated heterocycles. The van der Waals surface area contributed by atoms with E-state index in [1.807, 2.05) is 17.9 Å². The Bertz CT molecular complexity index is 476. The molecule has 0 atom stereocenters. The fourth-order valence-electron chi connectivity index (χ4n) is 1.72. The maximum atomic E-state index is 5.68. The lowest BCUT2D eigenvalue weighted by Crippen LogP contribution is -2.05. The molecule has 18 heavy (non-hydrogen) atoms. The van der Waals surface area contributed by atoms with Gasteiger partial charge in [-0.25, -0.2) is 0 Å². The molecular formula is C14H19N3O. The summed E-state index contributed by atoms with van der Waals surface area (Å²) in [6.45, 7) is 4.39. The first-order valence-electron chi connectivity index (χ1n) is 6.19. The smallest absolute Gasteiger partial charge is 0.157 e. The molecule has 0 amide bonds. The van der Waals surface area contributed by atoms with Crippen LogP contribution in [-0.2, 0) is 19.7 Å². The number of ether oxygens (including phenoxy) is 1. The van der Waals surface area contributed by atoms with Gasteiger partial charge in [-0.15, -0.1) is 0 Å². The van der Waals surface area contributed by atoms with E-state index in [0.717, 1.165) is 18.8 Å². The second-order valence-electron chi connectivity index (χ2n) is 4.17. The van der Waals surface area contributed by atoms with Crippen molar-refractivity contribution in [2.24, 2.45) is 0 Å². The molecule has 0 bridgehead atoms. The van der Waals surface area contributed by atoms with E-state index in [4.69, 9.17) is 4.74 Å². The number of rotatable bonds is 6. The van der Waals surface area contributed by atoms with Crippen LogP contribution in [0.25, 0.3) is 0 Å². The Morgan fingerprint density at radius 1 is 1.22 bits per heavy atom. The van der Waals surface area contributed by atoms with Gasteiger partial charge in [0.25, 0.3) is 0 Å². The van der Waals surface area contributed by atoms with Gasteiger partial charge in [0.15, 0.2) is 5.75 Å². The van der Waals surface area contributed by atoms with E-state index in [0.29, 0.717) is 6.61 Å². The van der Waals surface area contributed by atoms with Gasteiger partial charge in [0.2, 0.25) is 0 Å². The van der Waals surface area contributed by atoms with Gasteiger partial charge in [-0.2, -0.15) is 5.10 Å². The highest BCUT2D eigenvalue weighted by Crippen LogP contribution is 2.12. The monoisotopic (exact) mass is 245 g/mol. The number of aromatic nitrogens is 2. The minimum absolute atomic E-state index is 0.579. The van der Waals surface area contributed by atoms with Gasteiger partial charge in [0.1, 0.15) is 6.61 Å². The van der Waals surface area contributed by atoms with E-state index >= 15 is 0 Å². The summed E-state index contributed by atoms with van der Waals surface area (Å²) in [5.41, 5.74) is 2.44. The highest BCUT2D eigenvalue weighted by molar-refractivity contribution is 5.22. The minimum atomic E-state index is 0.579. The fraction of sp³-hybridized carbons (Fsp3) is 0.357. The highest BCUT2D eigenvalue weighted by atomic mass is 16.5. The van der Waals surface area contributed by atoms with Crippen molar-refractivity contribution in [2.45, 2.75) is 26.6 Å². The van der Waals surface area contributed by atoms with Gasteiger partial charge in [0, 0.05) is 13.1 Å². The van der Waals surface area contributed by atoms with Crippen molar-refractivity contribution in [1.29, 1.82) is 0 Å². The van der Waals surface area contributed by atoms with Gasteiger partial charge < -0.3 is 10.1 Å². The van der Waals surface area contributed by atoms with Crippen molar-refractivity contribution >= 4 is 0 Å². The third-order valence-corrected chi connectivity index (χ3v) is 2.74. The summed E-state index contributed by atoms with van der Waals surface area (Å²) in [6, 6.07) is 8.42. The molecule has 2 rings (SSSR count). The summed E-state index contributed by atoms with van der Waals surface area (Å²) in [7, 11) is 1.95. The van der Waals surface area contributed by atoms with Crippen molar-refractivity contribution in [1.82, 2.24) is 15.1 Å². The molecule has 0 aliphatic carbocycles. The number of hydrogen-bond donors (Lipinski definition) is 1. The molecule has 0 unspecified atom stereocenters. The minimum Gasteiger partial charge on any atom is -0.486 e. The first kappa shape index (κ1) is 12.6. The zero-order chi connectivity index (χ0) is 12.8. The number of benzene rings is 1. The third kappa shape index (κ3) is 3.34. The topological polar surface area (TPSA) is 39.1 Å². The standard InChI is InChI=1S/C14H19N3O/c1-3-17-10-14(9-16-17)18-11-13-6-4-12(5-7-13)8-15-2/h4-7,9-10,15H,3,8,11H2,1-2H3. The molecular weight excluding hydrogens is 226 g/mol. The van der Waals surface area contributed by atoms with Crippen molar-refractivity contribution in [3.63, 3.8) is 0 Å². The second kappa shape index (κ2) is 6.21. The molecule has 0 saturated carbocycles. The Kier molecular flexibility index (Phi) is 4.36. The normalized spacial score (nSPS) is 10.6. The molecule has 4 heteroatoms. The zero-order valence-electron chi connectivity index (χ0n) is 10.9. The average molecular weight is 245 g/mol. The van der Waals surface area contributed by atoms with Crippen LogP contribution in [0.15, 0.2) is 36.7 Å². The van der Waals surface area contributed by atoms with E-state index < -0.39 is 0 Å². The molecule has 1 aromatic heterocycles. The molecule has 1 heterocycles. The van der Waals surface area contributed by atoms with Crippen LogP contribution in [-0.4, -0.2) is 16.8 Å². The molecule has 0 fully saturated rings. The van der Waals surface area contributed by atoms with Crippen molar-refractivity contribution in [3.8, 4) is 5.75 Å². The van der Waals surface area contributed by atoms with E-state index in [9.17, 15) is 0 Å². The molecule has 96 valence electrons. The molecule has 0 aliphatic heterocycles. The van der Waals surface area contributed by atoms with Gasteiger partial charge in [-0.3, -0.25) is 4.68 Å². The zero-order valence-corrected chi connectivity index (χ0v) is 10.9. The first-order valence-corrected chi connectivity index (χ1v) is 6.19. The highest BCUT2D eigenvalue weighted by Gasteiger charge is 1.99. The summed E-state index contributed by atoms with van der Waals surface area (Å²) in [5.74, 6) is 0.816. The van der Waals surface area contributed by atoms with E-state index in [1.165, 1.54) is 11.1 Å². The Balaban J connectivity index is 1.89. The van der Waals surface area contributed by atoms with Crippen LogP contribution in [0.5, 0.6) is 5.75 Å². The Morgan fingerprint density at radius 3 is 2.56 bits per heavy atom. The SMILES string of the molecule is CCn1cc(OCc2ccc(CNC)cc2)cn1. The van der Waals surface area contributed by atoms with Crippen LogP contribution in [0.3, 0.4) is 0 Å². The lowest BCUT2D eigenvalue weighted by atomic mass is 10.1. The predicted octanol–water partition coefficient (Wildman–Crippen LogP) is 2.20. The summed E-state index contributed by atoms with van der Waals surface area (Å²) in [4.78, 5) is 0. The van der Waals surface area contributed by atoms with Crippen LogP contribution in [0.1, 0.15) is 18.1 Å². The summed E-state index contributed by atoms with van der Waals surface area (Å²) >= 11 is 0. The van der Waals surface area contributed by atoms with Crippen molar-refractivity contribution < 1.29 is 4.74 Å². The predicted molar refractivity (Wildman–Crippen MR) is 71.4 cm³/mol. The molecule has 0 spiro atoms. The lowest BCUT2D eigenvalue weighted by Gasteiger charge is -2.05. The van der Waals surface area contributed by atoms with Gasteiger partial charge in [-0.05, 0) is 25.1 Å². The Hall–Kier alpha value is -1.81. The van der Waals surface area contributed by atoms with Crippen molar-refractivity contribution in [2.75, 3.05) is 7.05 Å². The maximum Gasteiger partial charge on any atom is 0.157 e. The quantitative estimate of drug-likeness (QED) is 0.848. The third-order valence-electron chi connectivity index (χ3n) is 2.74. The van der Waals surface area contributed by atoms with Crippen molar-refractivity contribution in [3.05, 3.63) is 47.8 Å². The van der Waals surface area contributed by atoms with Crippen LogP contribution >= 0.6 is 0 Å². The van der Waals surface area contributed by atoms with Crippen LogP contribution < -0.4 is 10.1 Å². The lowest BCUT2D eigenvalue weighted by molar-refractivity contribution is 0.306. The van der Waals surface area contributed by atoms with E-state index in [2.05, 4.69) is 41.6 Å². The average Bonchev–Trinajstić information content (AvgIpc) is 2.86. The van der Waals surface area contributed by atoms with Crippen LogP contribution in [0.2, 0.25) is 0 Å². The number of nitrogens with one attached hydrogen (secondary N) is 1. The van der Waals surface area contributed by atoms with Crippen LogP contribution in [0.4, 0.5) is 0 Å². The number of aryl methyl sites for hydroxylation is 1. The largest absolute Gasteiger partial charge is 0.486 e. The number of nitrogens with zero attached hydrogens (tertiary/aromatic N) is 2. The van der Waals surface area contributed by atoms with E-state index in [1.54, 1.807) is 6.20 Å². The van der Waals surface area contributed by atoms with Gasteiger partial charge in [-0.1, -0.05) is 24.3 Å². The molecule has 1 N–H and O–H groups in total. The Morgan fingerprint density at radius 2 is 1.94 bits per heavy atom. The number of hydrogen-bond acceptors (Lipinski definition) is 3. The van der Waals surface area contributed by atoms with E-state index in [-0.39, 0.29) is 0 Å². The summed E-state index contributed by atoms with van der Waals surface area (Å²) in [6.07, 6.45) is 3.66. The molecule has 0 aliphatic rings. The molecule has 0 radical (unpaired) electrons. The second-order valence-corrected chi connectivity index (χ2v) is 4.17. The summed E-state index contributed by atoms with van der Waals surface area (Å²) in [5, 5.41) is 7.30. The van der Waals surface area contributed by atoms with Gasteiger partial charge in [0.05, 0.1) is 12.4 Å². The molecule has 2 aromatic rings. The molecule has 4 nitrogen and oxygen atoms in total. The van der Waals surface area contributed by atoms with Crippen LogP contribution in [0, 0.1) is 0 Å². The first-order chi connectivity index (χ1) is 8.81. The maximum absolute atomic E-state index is 5.68. The van der Waals surface area contributed by atoms with Gasteiger partial charge >= 0.3 is 0 Å². The summed E-state index contributed by atoms with van der Waals surface area (Å²) < 4.78 is 7.53. The fourth-order valence-corrected chi connectivity index (χ4v) is 1.72.